The first-order valence-electron chi connectivity index (χ1n) is 4.72. The van der Waals surface area contributed by atoms with Crippen molar-refractivity contribution in [2.24, 2.45) is 0 Å². The molecular weight excluding hydrogens is 245 g/mol. The van der Waals surface area contributed by atoms with Crippen molar-refractivity contribution in [2.75, 3.05) is 0 Å². The van der Waals surface area contributed by atoms with E-state index in [1.165, 1.54) is 24.4 Å². The lowest BCUT2D eigenvalue weighted by atomic mass is 10.1. The van der Waals surface area contributed by atoms with Gasteiger partial charge in [0.25, 0.3) is 0 Å². The molecule has 0 fully saturated rings. The summed E-state index contributed by atoms with van der Waals surface area (Å²) in [4.78, 5) is 14.2. The number of nitrogens with zero attached hydrogens (tertiary/aromatic N) is 1. The molecular formula is C12H7ClFNO2. The highest BCUT2D eigenvalue weighted by atomic mass is 35.5. The molecule has 2 rings (SSSR count). The summed E-state index contributed by atoms with van der Waals surface area (Å²) < 4.78 is 12.9. The second-order valence-corrected chi connectivity index (χ2v) is 3.77. The van der Waals surface area contributed by atoms with Crippen LogP contribution < -0.4 is 0 Å². The SMILES string of the molecule is O=C(O)c1ccc(-c2ccnc(F)c2)c(Cl)c1. The van der Waals surface area contributed by atoms with Crippen molar-refractivity contribution in [3.8, 4) is 11.1 Å². The lowest BCUT2D eigenvalue weighted by Crippen LogP contribution is -1.96. The van der Waals surface area contributed by atoms with Gasteiger partial charge in [-0.2, -0.15) is 4.39 Å². The van der Waals surface area contributed by atoms with Crippen LogP contribution in [0.15, 0.2) is 36.5 Å². The van der Waals surface area contributed by atoms with Crippen LogP contribution >= 0.6 is 11.6 Å². The zero-order chi connectivity index (χ0) is 12.4. The fourth-order valence-corrected chi connectivity index (χ4v) is 1.74. The van der Waals surface area contributed by atoms with Gasteiger partial charge < -0.3 is 5.11 Å². The third kappa shape index (κ3) is 2.42. The van der Waals surface area contributed by atoms with E-state index in [4.69, 9.17) is 16.7 Å². The molecule has 2 aromatic rings. The van der Waals surface area contributed by atoms with Crippen LogP contribution in [-0.2, 0) is 0 Å². The Bertz CT molecular complexity index is 586. The number of hydrogen-bond acceptors (Lipinski definition) is 2. The molecule has 0 unspecified atom stereocenters. The highest BCUT2D eigenvalue weighted by Gasteiger charge is 2.09. The van der Waals surface area contributed by atoms with Crippen LogP contribution in [0.5, 0.6) is 0 Å². The molecule has 0 amide bonds. The summed E-state index contributed by atoms with van der Waals surface area (Å²) >= 11 is 5.95. The first kappa shape index (κ1) is 11.5. The second-order valence-electron chi connectivity index (χ2n) is 3.37. The molecule has 0 aliphatic heterocycles. The summed E-state index contributed by atoms with van der Waals surface area (Å²) in [6.45, 7) is 0. The predicted molar refractivity (Wildman–Crippen MR) is 61.6 cm³/mol. The van der Waals surface area contributed by atoms with Gasteiger partial charge >= 0.3 is 5.97 Å². The minimum absolute atomic E-state index is 0.0910. The van der Waals surface area contributed by atoms with Gasteiger partial charge in [0.15, 0.2) is 0 Å². The van der Waals surface area contributed by atoms with Gasteiger partial charge in [0.1, 0.15) is 0 Å². The summed E-state index contributed by atoms with van der Waals surface area (Å²) in [6.07, 6.45) is 1.33. The Morgan fingerprint density at radius 1 is 1.29 bits per heavy atom. The lowest BCUT2D eigenvalue weighted by molar-refractivity contribution is 0.0697. The van der Waals surface area contributed by atoms with Crippen LogP contribution in [0.25, 0.3) is 11.1 Å². The quantitative estimate of drug-likeness (QED) is 0.834. The number of pyridine rings is 1. The van der Waals surface area contributed by atoms with Crippen LogP contribution in [0.1, 0.15) is 10.4 Å². The fraction of sp³-hybridized carbons (Fsp3) is 0. The Kier molecular flexibility index (Phi) is 3.06. The number of hydrogen-bond donors (Lipinski definition) is 1. The maximum atomic E-state index is 12.9. The molecule has 0 spiro atoms. The minimum atomic E-state index is -1.06. The van der Waals surface area contributed by atoms with Crippen molar-refractivity contribution in [2.45, 2.75) is 0 Å². The van der Waals surface area contributed by atoms with E-state index in [0.717, 1.165) is 0 Å². The third-order valence-corrected chi connectivity index (χ3v) is 2.57. The minimum Gasteiger partial charge on any atom is -0.478 e. The van der Waals surface area contributed by atoms with Crippen molar-refractivity contribution < 1.29 is 14.3 Å². The number of benzene rings is 1. The van der Waals surface area contributed by atoms with Gasteiger partial charge in [-0.15, -0.1) is 0 Å². The number of carboxylic acids is 1. The predicted octanol–water partition coefficient (Wildman–Crippen LogP) is 3.24. The molecule has 86 valence electrons. The number of aromatic carboxylic acids is 1. The molecule has 0 atom stereocenters. The number of carbonyl (C=O) groups is 1. The zero-order valence-electron chi connectivity index (χ0n) is 8.52. The topological polar surface area (TPSA) is 50.2 Å². The van der Waals surface area contributed by atoms with Crippen LogP contribution in [0.3, 0.4) is 0 Å². The first-order valence-corrected chi connectivity index (χ1v) is 5.10. The summed E-state index contributed by atoms with van der Waals surface area (Å²) in [5.41, 5.74) is 1.21. The highest BCUT2D eigenvalue weighted by Crippen LogP contribution is 2.28. The van der Waals surface area contributed by atoms with Gasteiger partial charge in [0.2, 0.25) is 5.95 Å². The zero-order valence-corrected chi connectivity index (χ0v) is 9.28. The molecule has 1 N–H and O–H groups in total. The Labute approximate surface area is 101 Å². The van der Waals surface area contributed by atoms with Crippen molar-refractivity contribution >= 4 is 17.6 Å². The molecule has 0 saturated carbocycles. The smallest absolute Gasteiger partial charge is 0.335 e. The van der Waals surface area contributed by atoms with E-state index in [-0.39, 0.29) is 10.6 Å². The third-order valence-electron chi connectivity index (χ3n) is 2.25. The molecule has 5 heteroatoms. The van der Waals surface area contributed by atoms with Crippen LogP contribution in [0, 0.1) is 5.95 Å². The Balaban J connectivity index is 2.50. The van der Waals surface area contributed by atoms with Gasteiger partial charge in [0.05, 0.1) is 5.56 Å². The molecule has 17 heavy (non-hydrogen) atoms. The summed E-state index contributed by atoms with van der Waals surface area (Å²) in [7, 11) is 0. The van der Waals surface area contributed by atoms with E-state index in [2.05, 4.69) is 4.98 Å². The van der Waals surface area contributed by atoms with E-state index in [0.29, 0.717) is 11.1 Å². The number of rotatable bonds is 2. The Morgan fingerprint density at radius 3 is 2.65 bits per heavy atom. The number of halogens is 2. The molecule has 0 aliphatic rings. The van der Waals surface area contributed by atoms with Crippen LogP contribution in [0.4, 0.5) is 4.39 Å². The standard InChI is InChI=1S/C12H7ClFNO2/c13-10-5-8(12(16)17)1-2-9(10)7-3-4-15-11(14)6-7/h1-6H,(H,16,17). The van der Waals surface area contributed by atoms with Gasteiger partial charge in [-0.25, -0.2) is 9.78 Å². The van der Waals surface area contributed by atoms with Gasteiger partial charge in [-0.05, 0) is 23.8 Å². The average Bonchev–Trinajstić information content (AvgIpc) is 2.28. The van der Waals surface area contributed by atoms with E-state index >= 15 is 0 Å². The summed E-state index contributed by atoms with van der Waals surface area (Å²) in [6, 6.07) is 7.13. The van der Waals surface area contributed by atoms with Gasteiger partial charge in [0, 0.05) is 22.8 Å². The van der Waals surface area contributed by atoms with E-state index in [1.54, 1.807) is 12.1 Å². The highest BCUT2D eigenvalue weighted by molar-refractivity contribution is 6.33. The van der Waals surface area contributed by atoms with Crippen molar-refractivity contribution in [1.82, 2.24) is 4.98 Å². The van der Waals surface area contributed by atoms with E-state index in [9.17, 15) is 9.18 Å². The molecule has 0 bridgehead atoms. The van der Waals surface area contributed by atoms with Crippen molar-refractivity contribution in [3.63, 3.8) is 0 Å². The normalized spacial score (nSPS) is 10.2. The second kappa shape index (κ2) is 4.51. The molecule has 0 radical (unpaired) electrons. The fourth-order valence-electron chi connectivity index (χ4n) is 1.45. The maximum absolute atomic E-state index is 12.9. The average molecular weight is 252 g/mol. The molecule has 1 heterocycles. The summed E-state index contributed by atoms with van der Waals surface area (Å²) in [5, 5.41) is 9.05. The summed E-state index contributed by atoms with van der Waals surface area (Å²) in [5.74, 6) is -1.67. The van der Waals surface area contributed by atoms with E-state index in [1.807, 2.05) is 0 Å². The van der Waals surface area contributed by atoms with Gasteiger partial charge in [-0.1, -0.05) is 17.7 Å². The monoisotopic (exact) mass is 251 g/mol. The molecule has 3 nitrogen and oxygen atoms in total. The number of aromatic nitrogens is 1. The first-order chi connectivity index (χ1) is 8.08. The van der Waals surface area contributed by atoms with Crippen molar-refractivity contribution in [1.29, 1.82) is 0 Å². The molecule has 0 aliphatic carbocycles. The maximum Gasteiger partial charge on any atom is 0.335 e. The van der Waals surface area contributed by atoms with Gasteiger partial charge in [-0.3, -0.25) is 0 Å². The lowest BCUT2D eigenvalue weighted by Gasteiger charge is -2.05. The number of carboxylic acid groups (broad SMARTS) is 1. The Morgan fingerprint density at radius 2 is 2.06 bits per heavy atom. The molecule has 1 aromatic heterocycles. The van der Waals surface area contributed by atoms with Crippen molar-refractivity contribution in [3.05, 3.63) is 53.1 Å². The molecule has 0 saturated heterocycles. The largest absolute Gasteiger partial charge is 0.478 e. The Hall–Kier alpha value is -1.94. The molecule has 1 aromatic carbocycles. The van der Waals surface area contributed by atoms with Crippen LogP contribution in [-0.4, -0.2) is 16.1 Å². The van der Waals surface area contributed by atoms with E-state index < -0.39 is 11.9 Å². The van der Waals surface area contributed by atoms with Crippen LogP contribution in [0.2, 0.25) is 5.02 Å².